The summed E-state index contributed by atoms with van der Waals surface area (Å²) in [5.74, 6) is -0.479. The van der Waals surface area contributed by atoms with E-state index in [4.69, 9.17) is 21.3 Å². The quantitative estimate of drug-likeness (QED) is 0.315. The van der Waals surface area contributed by atoms with Gasteiger partial charge in [-0.15, -0.1) is 0 Å². The number of aromatic nitrogens is 2. The van der Waals surface area contributed by atoms with Crippen molar-refractivity contribution in [3.05, 3.63) is 77.6 Å². The number of nitrogens with zero attached hydrogens (tertiary/aromatic N) is 4. The third-order valence-electron chi connectivity index (χ3n) is 6.74. The molecule has 0 unspecified atom stereocenters. The molecule has 0 radical (unpaired) electrons. The molecule has 0 spiro atoms. The number of ether oxygens (including phenoxy) is 1. The fourth-order valence-electron chi connectivity index (χ4n) is 4.36. The smallest absolute Gasteiger partial charge is 0.253 e. The van der Waals surface area contributed by atoms with Gasteiger partial charge in [0.1, 0.15) is 0 Å². The van der Waals surface area contributed by atoms with Gasteiger partial charge in [0.25, 0.3) is 5.91 Å². The predicted octanol–water partition coefficient (Wildman–Crippen LogP) is 4.68. The lowest BCUT2D eigenvalue weighted by atomic mass is 9.92. The number of hydrogen-bond donors (Lipinski definition) is 3. The zero-order valence-electron chi connectivity index (χ0n) is 22.9. The monoisotopic (exact) mass is 527 g/mol. The molecular weight excluding hydrogens is 490 g/mol. The minimum atomic E-state index is -0.361. The number of carbonyl (C=O) groups is 1. The summed E-state index contributed by atoms with van der Waals surface area (Å²) in [5.41, 5.74) is 8.70. The molecule has 1 aliphatic rings. The molecule has 204 valence electrons. The highest BCUT2D eigenvalue weighted by Crippen LogP contribution is 2.22. The molecule has 1 aliphatic heterocycles. The molecule has 1 saturated heterocycles. The van der Waals surface area contributed by atoms with Crippen LogP contribution >= 0.6 is 0 Å². The van der Waals surface area contributed by atoms with Crippen LogP contribution in [0.2, 0.25) is 0 Å². The summed E-state index contributed by atoms with van der Waals surface area (Å²) in [4.78, 5) is 26.3. The molecule has 0 saturated carbocycles. The van der Waals surface area contributed by atoms with E-state index in [9.17, 15) is 4.79 Å². The summed E-state index contributed by atoms with van der Waals surface area (Å²) in [7, 11) is 0. The van der Waals surface area contributed by atoms with Crippen molar-refractivity contribution < 1.29 is 9.53 Å². The Balaban J connectivity index is 1.41. The van der Waals surface area contributed by atoms with Gasteiger partial charge in [-0.1, -0.05) is 51.1 Å². The normalized spacial score (nSPS) is 14.5. The van der Waals surface area contributed by atoms with E-state index in [-0.39, 0.29) is 29.2 Å². The molecule has 1 amide bonds. The van der Waals surface area contributed by atoms with Crippen molar-refractivity contribution in [2.24, 2.45) is 5.41 Å². The van der Waals surface area contributed by atoms with Crippen LogP contribution in [0.25, 0.3) is 11.3 Å². The van der Waals surface area contributed by atoms with E-state index in [2.05, 4.69) is 35.6 Å². The highest BCUT2D eigenvalue weighted by atomic mass is 16.5. The zero-order valence-corrected chi connectivity index (χ0v) is 22.9. The van der Waals surface area contributed by atoms with Crippen LogP contribution < -0.4 is 5.73 Å². The molecular formula is C30H37N7O2. The first kappa shape index (κ1) is 27.9. The predicted molar refractivity (Wildman–Crippen MR) is 154 cm³/mol. The Bertz CT molecular complexity index is 1320. The van der Waals surface area contributed by atoms with Crippen LogP contribution in [-0.2, 0) is 4.74 Å². The molecule has 0 atom stereocenters. The number of rotatable bonds is 6. The minimum absolute atomic E-state index is 0.0258. The Morgan fingerprint density at radius 1 is 0.949 bits per heavy atom. The second-order valence-corrected chi connectivity index (χ2v) is 11.0. The van der Waals surface area contributed by atoms with Gasteiger partial charge >= 0.3 is 0 Å². The van der Waals surface area contributed by atoms with Gasteiger partial charge in [0.15, 0.2) is 11.5 Å². The number of anilines is 1. The molecule has 4 rings (SSSR count). The second-order valence-electron chi connectivity index (χ2n) is 11.0. The maximum absolute atomic E-state index is 13.2. The van der Waals surface area contributed by atoms with Gasteiger partial charge in [-0.05, 0) is 55.6 Å². The first-order valence-electron chi connectivity index (χ1n) is 13.3. The molecule has 2 heterocycles. The van der Waals surface area contributed by atoms with Crippen molar-refractivity contribution in [1.29, 1.82) is 10.8 Å². The molecule has 39 heavy (non-hydrogen) atoms. The van der Waals surface area contributed by atoms with E-state index >= 15 is 0 Å². The molecule has 0 aliphatic carbocycles. The summed E-state index contributed by atoms with van der Waals surface area (Å²) < 4.78 is 5.39. The summed E-state index contributed by atoms with van der Waals surface area (Å²) in [6, 6.07) is 16.1. The molecule has 3 aromatic rings. The molecule has 2 aromatic carbocycles. The van der Waals surface area contributed by atoms with Gasteiger partial charge in [-0.25, -0.2) is 9.97 Å². The fraction of sp³-hybridized carbons (Fsp3) is 0.367. The molecule has 0 bridgehead atoms. The summed E-state index contributed by atoms with van der Waals surface area (Å²) in [6.45, 7) is 11.2. The third-order valence-corrected chi connectivity index (χ3v) is 6.74. The third kappa shape index (κ3) is 7.48. The maximum Gasteiger partial charge on any atom is 0.253 e. The van der Waals surface area contributed by atoms with E-state index in [0.29, 0.717) is 22.2 Å². The minimum Gasteiger partial charge on any atom is -0.419 e. The fourth-order valence-corrected chi connectivity index (χ4v) is 4.36. The SMILES string of the molecule is CC(C)(C)CCN1CCCN(C(=O)c2ccc(-c3cnc(N)c(C(=N)OC(=N)c4ccccc4)n3)cc2)CC1. The van der Waals surface area contributed by atoms with Gasteiger partial charge in [0, 0.05) is 36.3 Å². The van der Waals surface area contributed by atoms with Gasteiger partial charge < -0.3 is 20.3 Å². The van der Waals surface area contributed by atoms with E-state index in [1.807, 2.05) is 23.1 Å². The topological polar surface area (TPSA) is 132 Å². The van der Waals surface area contributed by atoms with Crippen LogP contribution in [0.4, 0.5) is 5.82 Å². The lowest BCUT2D eigenvalue weighted by molar-refractivity contribution is 0.0760. The van der Waals surface area contributed by atoms with Gasteiger partial charge in [-0.2, -0.15) is 0 Å². The Kier molecular flexibility index (Phi) is 8.71. The maximum atomic E-state index is 13.2. The first-order chi connectivity index (χ1) is 18.6. The lowest BCUT2D eigenvalue weighted by Gasteiger charge is -2.25. The molecule has 9 heteroatoms. The molecule has 1 aromatic heterocycles. The van der Waals surface area contributed by atoms with Crippen LogP contribution in [-0.4, -0.2) is 70.2 Å². The Morgan fingerprint density at radius 3 is 2.36 bits per heavy atom. The number of nitrogens with two attached hydrogens (primary N) is 1. The lowest BCUT2D eigenvalue weighted by Crippen LogP contribution is -2.35. The van der Waals surface area contributed by atoms with Crippen molar-refractivity contribution in [2.45, 2.75) is 33.6 Å². The Hall–Kier alpha value is -4.11. The average Bonchev–Trinajstić information content (AvgIpc) is 3.18. The molecule has 4 N–H and O–H groups in total. The van der Waals surface area contributed by atoms with E-state index < -0.39 is 0 Å². The van der Waals surface area contributed by atoms with Crippen LogP contribution in [0, 0.1) is 16.2 Å². The van der Waals surface area contributed by atoms with Crippen LogP contribution in [0.5, 0.6) is 0 Å². The number of benzene rings is 2. The van der Waals surface area contributed by atoms with Gasteiger partial charge in [-0.3, -0.25) is 15.6 Å². The second kappa shape index (κ2) is 12.2. The average molecular weight is 528 g/mol. The van der Waals surface area contributed by atoms with Crippen LogP contribution in [0.3, 0.4) is 0 Å². The highest BCUT2D eigenvalue weighted by Gasteiger charge is 2.22. The summed E-state index contributed by atoms with van der Waals surface area (Å²) in [6.07, 6.45) is 3.62. The van der Waals surface area contributed by atoms with Crippen molar-refractivity contribution in [3.63, 3.8) is 0 Å². The Morgan fingerprint density at radius 2 is 1.67 bits per heavy atom. The number of nitrogens with one attached hydrogen (secondary N) is 2. The molecule has 9 nitrogen and oxygen atoms in total. The number of hydrogen-bond acceptors (Lipinski definition) is 8. The number of amides is 1. The summed E-state index contributed by atoms with van der Waals surface area (Å²) in [5, 5.41) is 16.4. The van der Waals surface area contributed by atoms with Crippen LogP contribution in [0.1, 0.15) is 55.2 Å². The largest absolute Gasteiger partial charge is 0.419 e. The Labute approximate surface area is 230 Å². The van der Waals surface area contributed by atoms with Crippen molar-refractivity contribution in [3.8, 4) is 11.3 Å². The van der Waals surface area contributed by atoms with Crippen molar-refractivity contribution in [1.82, 2.24) is 19.8 Å². The van der Waals surface area contributed by atoms with Gasteiger partial charge in [0.2, 0.25) is 11.8 Å². The van der Waals surface area contributed by atoms with E-state index in [1.165, 1.54) is 6.20 Å². The standard InChI is InChI=1S/C30H37N7O2/c1-30(2,3)14-17-36-15-7-16-37(19-18-36)29(38)23-12-10-21(11-13-23)24-20-34-26(31)25(35-24)28(33)39-27(32)22-8-5-4-6-9-22/h4-6,8-13,20,32-33H,7,14-19H2,1-3H3,(H2,31,34). The number of nitrogen functional groups attached to an aromatic ring is 1. The zero-order chi connectivity index (χ0) is 28.0. The summed E-state index contributed by atoms with van der Waals surface area (Å²) >= 11 is 0. The first-order valence-corrected chi connectivity index (χ1v) is 13.3. The van der Waals surface area contributed by atoms with Gasteiger partial charge in [0.05, 0.1) is 11.9 Å². The van der Waals surface area contributed by atoms with Crippen LogP contribution in [0.15, 0.2) is 60.8 Å². The van der Waals surface area contributed by atoms with E-state index in [1.54, 1.807) is 36.4 Å². The molecule has 1 fully saturated rings. The van der Waals surface area contributed by atoms with Crippen molar-refractivity contribution in [2.75, 3.05) is 38.5 Å². The number of carbonyl (C=O) groups excluding carboxylic acids is 1. The highest BCUT2D eigenvalue weighted by molar-refractivity contribution is 6.05. The van der Waals surface area contributed by atoms with E-state index in [0.717, 1.165) is 51.1 Å². The van der Waals surface area contributed by atoms with Crippen molar-refractivity contribution >= 4 is 23.5 Å².